The third-order valence-corrected chi connectivity index (χ3v) is 2.78. The molecular formula is C15H12ClN3O2. The van der Waals surface area contributed by atoms with E-state index in [9.17, 15) is 9.90 Å². The second-order valence-electron chi connectivity index (χ2n) is 4.05. The first-order valence-corrected chi connectivity index (χ1v) is 6.43. The van der Waals surface area contributed by atoms with Gasteiger partial charge in [0.15, 0.2) is 0 Å². The zero-order chi connectivity index (χ0) is 15.2. The number of nitrogens with zero attached hydrogens (tertiary/aromatic N) is 1. The molecule has 1 heterocycles. The Balaban J connectivity index is 2.19. The van der Waals surface area contributed by atoms with Crippen molar-refractivity contribution in [1.29, 1.82) is 0 Å². The first-order valence-electron chi connectivity index (χ1n) is 6.05. The second-order valence-corrected chi connectivity index (χ2v) is 4.49. The van der Waals surface area contributed by atoms with Crippen LogP contribution in [0.15, 0.2) is 36.5 Å². The zero-order valence-electron chi connectivity index (χ0n) is 10.9. The van der Waals surface area contributed by atoms with E-state index in [1.54, 1.807) is 12.1 Å². The number of amides is 1. The van der Waals surface area contributed by atoms with E-state index in [1.165, 1.54) is 24.4 Å². The highest BCUT2D eigenvalue weighted by Gasteiger charge is 2.12. The highest BCUT2D eigenvalue weighted by atomic mass is 35.5. The van der Waals surface area contributed by atoms with Crippen LogP contribution >= 0.6 is 11.6 Å². The van der Waals surface area contributed by atoms with Crippen molar-refractivity contribution in [2.45, 2.75) is 0 Å². The van der Waals surface area contributed by atoms with Gasteiger partial charge in [0.1, 0.15) is 11.6 Å². The van der Waals surface area contributed by atoms with E-state index in [4.69, 9.17) is 17.3 Å². The van der Waals surface area contributed by atoms with Crippen molar-refractivity contribution in [2.75, 3.05) is 11.9 Å². The lowest BCUT2D eigenvalue weighted by Gasteiger charge is -2.06. The highest BCUT2D eigenvalue weighted by molar-refractivity contribution is 6.30. The highest BCUT2D eigenvalue weighted by Crippen LogP contribution is 2.22. The van der Waals surface area contributed by atoms with Crippen LogP contribution < -0.4 is 11.1 Å². The van der Waals surface area contributed by atoms with Gasteiger partial charge < -0.3 is 16.2 Å². The van der Waals surface area contributed by atoms with Crippen molar-refractivity contribution in [2.24, 2.45) is 5.73 Å². The van der Waals surface area contributed by atoms with Gasteiger partial charge >= 0.3 is 0 Å². The fourth-order valence-electron chi connectivity index (χ4n) is 1.61. The summed E-state index contributed by atoms with van der Waals surface area (Å²) in [5.74, 6) is 5.21. The van der Waals surface area contributed by atoms with E-state index >= 15 is 0 Å². The molecule has 1 aromatic carbocycles. The van der Waals surface area contributed by atoms with Gasteiger partial charge in [0, 0.05) is 16.8 Å². The molecule has 0 aliphatic heterocycles. The van der Waals surface area contributed by atoms with Crippen LogP contribution in [0.1, 0.15) is 15.9 Å². The van der Waals surface area contributed by atoms with Gasteiger partial charge in [-0.1, -0.05) is 23.4 Å². The summed E-state index contributed by atoms with van der Waals surface area (Å²) in [6, 6.07) is 7.58. The molecule has 4 N–H and O–H groups in total. The van der Waals surface area contributed by atoms with E-state index in [0.717, 1.165) is 0 Å². The number of carbonyl (C=O) groups excluding carboxylic acids is 1. The largest absolute Gasteiger partial charge is 0.507 e. The molecule has 0 atom stereocenters. The van der Waals surface area contributed by atoms with Gasteiger partial charge in [-0.15, -0.1) is 0 Å². The van der Waals surface area contributed by atoms with Crippen molar-refractivity contribution < 1.29 is 9.90 Å². The number of hydrogen-bond donors (Lipinski definition) is 3. The van der Waals surface area contributed by atoms with Crippen molar-refractivity contribution in [3.8, 4) is 17.6 Å². The molecule has 106 valence electrons. The molecule has 0 saturated carbocycles. The van der Waals surface area contributed by atoms with E-state index in [-0.39, 0.29) is 17.9 Å². The standard InChI is InChI=1S/C15H12ClN3O2/c16-11-3-4-12(13(20)9-11)15(21)19-14-8-10(2-1-6-17)5-7-18-14/h3-5,7-9,20H,6,17H2,(H,18,19,21). The van der Waals surface area contributed by atoms with Crippen molar-refractivity contribution in [3.63, 3.8) is 0 Å². The maximum Gasteiger partial charge on any atom is 0.260 e. The van der Waals surface area contributed by atoms with Crippen LogP contribution in [-0.4, -0.2) is 22.5 Å². The number of aromatic nitrogens is 1. The number of aromatic hydroxyl groups is 1. The number of rotatable bonds is 2. The Bertz CT molecular complexity index is 735. The SMILES string of the molecule is NCC#Cc1ccnc(NC(=O)c2ccc(Cl)cc2O)c1. The van der Waals surface area contributed by atoms with Gasteiger partial charge in [-0.3, -0.25) is 4.79 Å². The number of anilines is 1. The monoisotopic (exact) mass is 301 g/mol. The predicted octanol–water partition coefficient (Wildman–Crippen LogP) is 2.00. The number of carbonyl (C=O) groups is 1. The van der Waals surface area contributed by atoms with Crippen LogP contribution in [-0.2, 0) is 0 Å². The van der Waals surface area contributed by atoms with Crippen LogP contribution in [0.4, 0.5) is 5.82 Å². The Kier molecular flexibility index (Phi) is 4.77. The van der Waals surface area contributed by atoms with Gasteiger partial charge in [0.2, 0.25) is 0 Å². The van der Waals surface area contributed by atoms with Crippen LogP contribution in [0.25, 0.3) is 0 Å². The van der Waals surface area contributed by atoms with Gasteiger partial charge in [0.25, 0.3) is 5.91 Å². The minimum absolute atomic E-state index is 0.111. The number of halogens is 1. The number of benzene rings is 1. The molecular weight excluding hydrogens is 290 g/mol. The molecule has 0 radical (unpaired) electrons. The Morgan fingerprint density at radius 3 is 2.90 bits per heavy atom. The second kappa shape index (κ2) is 6.75. The summed E-state index contributed by atoms with van der Waals surface area (Å²) in [5.41, 5.74) is 6.10. The van der Waals surface area contributed by atoms with Crippen molar-refractivity contribution >= 4 is 23.3 Å². The van der Waals surface area contributed by atoms with Crippen molar-refractivity contribution in [3.05, 3.63) is 52.7 Å². The van der Waals surface area contributed by atoms with Gasteiger partial charge in [-0.25, -0.2) is 4.98 Å². The molecule has 2 aromatic rings. The van der Waals surface area contributed by atoms with Gasteiger partial charge in [0.05, 0.1) is 12.1 Å². The molecule has 1 aromatic heterocycles. The molecule has 0 fully saturated rings. The minimum Gasteiger partial charge on any atom is -0.507 e. The summed E-state index contributed by atoms with van der Waals surface area (Å²) >= 11 is 5.72. The number of phenols is 1. The number of phenolic OH excluding ortho intramolecular Hbond substituents is 1. The summed E-state index contributed by atoms with van der Waals surface area (Å²) in [4.78, 5) is 16.1. The smallest absolute Gasteiger partial charge is 0.260 e. The zero-order valence-corrected chi connectivity index (χ0v) is 11.7. The molecule has 0 bridgehead atoms. The molecule has 0 unspecified atom stereocenters. The minimum atomic E-state index is -0.486. The predicted molar refractivity (Wildman–Crippen MR) is 81.2 cm³/mol. The molecule has 5 nitrogen and oxygen atoms in total. The van der Waals surface area contributed by atoms with Crippen LogP contribution in [0.3, 0.4) is 0 Å². The normalized spacial score (nSPS) is 9.62. The summed E-state index contributed by atoms with van der Waals surface area (Å²) in [5, 5.41) is 12.6. The van der Waals surface area contributed by atoms with Gasteiger partial charge in [-0.05, 0) is 30.3 Å². The van der Waals surface area contributed by atoms with Crippen LogP contribution in [0.5, 0.6) is 5.75 Å². The Hall–Kier alpha value is -2.55. The number of hydrogen-bond acceptors (Lipinski definition) is 4. The van der Waals surface area contributed by atoms with E-state index in [0.29, 0.717) is 16.4 Å². The fraction of sp³-hybridized carbons (Fsp3) is 0.0667. The molecule has 6 heteroatoms. The molecule has 0 aliphatic carbocycles. The van der Waals surface area contributed by atoms with E-state index in [2.05, 4.69) is 22.1 Å². The fourth-order valence-corrected chi connectivity index (χ4v) is 1.78. The lowest BCUT2D eigenvalue weighted by atomic mass is 10.2. The number of nitrogens with two attached hydrogens (primary N) is 1. The molecule has 2 rings (SSSR count). The van der Waals surface area contributed by atoms with Gasteiger partial charge in [-0.2, -0.15) is 0 Å². The summed E-state index contributed by atoms with van der Waals surface area (Å²) in [7, 11) is 0. The Morgan fingerprint density at radius 1 is 1.38 bits per heavy atom. The molecule has 0 saturated heterocycles. The van der Waals surface area contributed by atoms with Crippen LogP contribution in [0, 0.1) is 11.8 Å². The third kappa shape index (κ3) is 3.96. The third-order valence-electron chi connectivity index (χ3n) is 2.54. The maximum absolute atomic E-state index is 12.1. The lowest BCUT2D eigenvalue weighted by molar-refractivity contribution is 0.102. The lowest BCUT2D eigenvalue weighted by Crippen LogP contribution is -2.13. The maximum atomic E-state index is 12.1. The first kappa shape index (κ1) is 14.9. The Morgan fingerprint density at radius 2 is 2.19 bits per heavy atom. The number of pyridine rings is 1. The quantitative estimate of drug-likeness (QED) is 0.740. The average Bonchev–Trinajstić information content (AvgIpc) is 2.45. The van der Waals surface area contributed by atoms with Crippen molar-refractivity contribution in [1.82, 2.24) is 4.98 Å². The van der Waals surface area contributed by atoms with E-state index < -0.39 is 5.91 Å². The Labute approximate surface area is 126 Å². The van der Waals surface area contributed by atoms with Crippen LogP contribution in [0.2, 0.25) is 5.02 Å². The molecule has 1 amide bonds. The first-order chi connectivity index (χ1) is 10.1. The summed E-state index contributed by atoms with van der Waals surface area (Å²) < 4.78 is 0. The average molecular weight is 302 g/mol. The summed E-state index contributed by atoms with van der Waals surface area (Å²) in [6.45, 7) is 0.253. The molecule has 0 aliphatic rings. The number of nitrogens with one attached hydrogen (secondary N) is 1. The van der Waals surface area contributed by atoms with E-state index in [1.807, 2.05) is 0 Å². The molecule has 21 heavy (non-hydrogen) atoms. The summed E-state index contributed by atoms with van der Waals surface area (Å²) in [6.07, 6.45) is 1.53. The topological polar surface area (TPSA) is 88.2 Å². The molecule has 0 spiro atoms.